The highest BCUT2D eigenvalue weighted by Crippen LogP contribution is 2.30. The maximum Gasteiger partial charge on any atom is 0.146 e. The van der Waals surface area contributed by atoms with Crippen LogP contribution in [0.5, 0.6) is 0 Å². The fraction of sp³-hybridized carbons (Fsp3) is 0.643. The summed E-state index contributed by atoms with van der Waals surface area (Å²) in [5, 5.41) is 3.43. The molecule has 17 heavy (non-hydrogen) atoms. The lowest BCUT2D eigenvalue weighted by Crippen LogP contribution is -2.21. The van der Waals surface area contributed by atoms with Crippen molar-refractivity contribution >= 4 is 11.5 Å². The van der Waals surface area contributed by atoms with Crippen LogP contribution >= 0.6 is 0 Å². The lowest BCUT2D eigenvalue weighted by Gasteiger charge is -2.28. The van der Waals surface area contributed by atoms with E-state index in [1.165, 1.54) is 32.1 Å². The maximum absolute atomic E-state index is 5.81. The number of hydrogen-bond donors (Lipinski definition) is 2. The lowest BCUT2D eigenvalue weighted by molar-refractivity contribution is 0.278. The molecule has 0 radical (unpaired) electrons. The number of nitrogens with one attached hydrogen (secondary N) is 1. The summed E-state index contributed by atoms with van der Waals surface area (Å²) in [5.41, 5.74) is 6.78. The Balaban J connectivity index is 1.78. The third kappa shape index (κ3) is 3.35. The smallest absolute Gasteiger partial charge is 0.146 e. The Kier molecular flexibility index (Phi) is 4.24. The van der Waals surface area contributed by atoms with E-state index in [9.17, 15) is 0 Å². The molecule has 0 saturated heterocycles. The maximum atomic E-state index is 5.81. The third-order valence-electron chi connectivity index (χ3n) is 3.96. The molecule has 94 valence electrons. The molecular weight excluding hydrogens is 210 g/mol. The first kappa shape index (κ1) is 12.2. The van der Waals surface area contributed by atoms with Crippen molar-refractivity contribution in [2.75, 3.05) is 17.6 Å². The highest BCUT2D eigenvalue weighted by atomic mass is 14.9. The second-order valence-electron chi connectivity index (χ2n) is 5.11. The Hall–Kier alpha value is -1.25. The average molecular weight is 233 g/mol. The van der Waals surface area contributed by atoms with Gasteiger partial charge < -0.3 is 11.1 Å². The SMILES string of the molecule is CCC1CCC(CNc2cccnc2N)CC1. The fourth-order valence-electron chi connectivity index (χ4n) is 2.67. The van der Waals surface area contributed by atoms with Crippen LogP contribution in [0.4, 0.5) is 11.5 Å². The predicted octanol–water partition coefficient (Wildman–Crippen LogP) is 3.29. The molecule has 1 aromatic rings. The van der Waals surface area contributed by atoms with Gasteiger partial charge in [0.1, 0.15) is 5.82 Å². The van der Waals surface area contributed by atoms with E-state index in [0.717, 1.165) is 24.1 Å². The third-order valence-corrected chi connectivity index (χ3v) is 3.96. The first-order valence-electron chi connectivity index (χ1n) is 6.74. The summed E-state index contributed by atoms with van der Waals surface area (Å²) in [7, 11) is 0. The van der Waals surface area contributed by atoms with Crippen molar-refractivity contribution in [1.29, 1.82) is 0 Å². The van der Waals surface area contributed by atoms with Crippen LogP contribution in [-0.2, 0) is 0 Å². The fourth-order valence-corrected chi connectivity index (χ4v) is 2.67. The molecule has 0 aromatic carbocycles. The lowest BCUT2D eigenvalue weighted by atomic mass is 9.81. The molecule has 1 aliphatic carbocycles. The highest BCUT2D eigenvalue weighted by molar-refractivity contribution is 5.60. The van der Waals surface area contributed by atoms with Crippen LogP contribution < -0.4 is 11.1 Å². The standard InChI is InChI=1S/C14H23N3/c1-2-11-5-7-12(8-6-11)10-17-13-4-3-9-16-14(13)15/h3-4,9,11-12,17H,2,5-8,10H2,1H3,(H2,15,16). The van der Waals surface area contributed by atoms with Gasteiger partial charge in [0.25, 0.3) is 0 Å². The van der Waals surface area contributed by atoms with Gasteiger partial charge >= 0.3 is 0 Å². The minimum Gasteiger partial charge on any atom is -0.382 e. The molecule has 0 aliphatic heterocycles. The van der Waals surface area contributed by atoms with Gasteiger partial charge in [-0.25, -0.2) is 4.98 Å². The largest absolute Gasteiger partial charge is 0.382 e. The second-order valence-corrected chi connectivity index (χ2v) is 5.11. The second kappa shape index (κ2) is 5.89. The monoisotopic (exact) mass is 233 g/mol. The zero-order valence-corrected chi connectivity index (χ0v) is 10.7. The van der Waals surface area contributed by atoms with Crippen LogP contribution in [0.1, 0.15) is 39.0 Å². The van der Waals surface area contributed by atoms with Gasteiger partial charge in [0.2, 0.25) is 0 Å². The van der Waals surface area contributed by atoms with E-state index in [1.54, 1.807) is 6.20 Å². The first-order chi connectivity index (χ1) is 8.29. The van der Waals surface area contributed by atoms with Crippen LogP contribution in [-0.4, -0.2) is 11.5 Å². The molecule has 1 heterocycles. The van der Waals surface area contributed by atoms with Crippen molar-refractivity contribution in [2.24, 2.45) is 11.8 Å². The zero-order chi connectivity index (χ0) is 12.1. The van der Waals surface area contributed by atoms with E-state index in [1.807, 2.05) is 12.1 Å². The Morgan fingerprint density at radius 1 is 1.29 bits per heavy atom. The molecule has 0 amide bonds. The van der Waals surface area contributed by atoms with Crippen molar-refractivity contribution in [2.45, 2.75) is 39.0 Å². The van der Waals surface area contributed by atoms with Gasteiger partial charge in [-0.15, -0.1) is 0 Å². The van der Waals surface area contributed by atoms with Crippen LogP contribution in [0.3, 0.4) is 0 Å². The van der Waals surface area contributed by atoms with E-state index in [4.69, 9.17) is 5.73 Å². The molecule has 1 saturated carbocycles. The number of anilines is 2. The van der Waals surface area contributed by atoms with E-state index in [-0.39, 0.29) is 0 Å². The van der Waals surface area contributed by atoms with Crippen molar-refractivity contribution in [3.05, 3.63) is 18.3 Å². The van der Waals surface area contributed by atoms with E-state index >= 15 is 0 Å². The Labute approximate surface area is 104 Å². The van der Waals surface area contributed by atoms with Gasteiger partial charge in [-0.05, 0) is 36.8 Å². The number of nitrogen functional groups attached to an aromatic ring is 1. The molecule has 0 spiro atoms. The Bertz CT molecular complexity index is 343. The minimum absolute atomic E-state index is 0.606. The topological polar surface area (TPSA) is 50.9 Å². The van der Waals surface area contributed by atoms with Gasteiger partial charge in [0, 0.05) is 12.7 Å². The van der Waals surface area contributed by atoms with Crippen LogP contribution in [0.15, 0.2) is 18.3 Å². The summed E-state index contributed by atoms with van der Waals surface area (Å²) in [4.78, 5) is 4.08. The van der Waals surface area contributed by atoms with Gasteiger partial charge in [-0.2, -0.15) is 0 Å². The van der Waals surface area contributed by atoms with Gasteiger partial charge in [0.15, 0.2) is 0 Å². The number of hydrogen-bond acceptors (Lipinski definition) is 3. The number of nitrogens with zero attached hydrogens (tertiary/aromatic N) is 1. The van der Waals surface area contributed by atoms with Gasteiger partial charge in [0.05, 0.1) is 5.69 Å². The zero-order valence-electron chi connectivity index (χ0n) is 10.7. The van der Waals surface area contributed by atoms with Gasteiger partial charge in [-0.3, -0.25) is 0 Å². The molecule has 3 N–H and O–H groups in total. The average Bonchev–Trinajstić information content (AvgIpc) is 2.38. The minimum atomic E-state index is 0.606. The molecule has 1 fully saturated rings. The van der Waals surface area contributed by atoms with E-state index in [0.29, 0.717) is 5.82 Å². The van der Waals surface area contributed by atoms with Crippen LogP contribution in [0, 0.1) is 11.8 Å². The van der Waals surface area contributed by atoms with Crippen molar-refractivity contribution in [3.8, 4) is 0 Å². The number of pyridine rings is 1. The molecule has 1 aliphatic rings. The number of aromatic nitrogens is 1. The van der Waals surface area contributed by atoms with Crippen molar-refractivity contribution in [3.63, 3.8) is 0 Å². The summed E-state index contributed by atoms with van der Waals surface area (Å²) in [6.07, 6.45) is 8.57. The van der Waals surface area contributed by atoms with Gasteiger partial charge in [-0.1, -0.05) is 26.2 Å². The highest BCUT2D eigenvalue weighted by Gasteiger charge is 2.19. The first-order valence-corrected chi connectivity index (χ1v) is 6.74. The van der Waals surface area contributed by atoms with Crippen molar-refractivity contribution in [1.82, 2.24) is 4.98 Å². The predicted molar refractivity (Wildman–Crippen MR) is 72.9 cm³/mol. The summed E-state index contributed by atoms with van der Waals surface area (Å²) in [6.45, 7) is 3.34. The normalized spacial score (nSPS) is 24.5. The van der Waals surface area contributed by atoms with Crippen LogP contribution in [0.25, 0.3) is 0 Å². The molecular formula is C14H23N3. The summed E-state index contributed by atoms with van der Waals surface area (Å²) < 4.78 is 0. The molecule has 3 nitrogen and oxygen atoms in total. The molecule has 1 aromatic heterocycles. The van der Waals surface area contributed by atoms with Crippen LogP contribution in [0.2, 0.25) is 0 Å². The summed E-state index contributed by atoms with van der Waals surface area (Å²) in [6, 6.07) is 3.92. The molecule has 0 bridgehead atoms. The quantitative estimate of drug-likeness (QED) is 0.839. The summed E-state index contributed by atoms with van der Waals surface area (Å²) in [5.74, 6) is 2.38. The van der Waals surface area contributed by atoms with E-state index in [2.05, 4.69) is 17.2 Å². The molecule has 0 unspecified atom stereocenters. The van der Waals surface area contributed by atoms with Crippen molar-refractivity contribution < 1.29 is 0 Å². The molecule has 2 rings (SSSR count). The number of nitrogens with two attached hydrogens (primary N) is 1. The number of rotatable bonds is 4. The van der Waals surface area contributed by atoms with E-state index < -0.39 is 0 Å². The Morgan fingerprint density at radius 3 is 2.65 bits per heavy atom. The summed E-state index contributed by atoms with van der Waals surface area (Å²) >= 11 is 0. The molecule has 3 heteroatoms. The molecule has 0 atom stereocenters. The Morgan fingerprint density at radius 2 is 2.00 bits per heavy atom.